The van der Waals surface area contributed by atoms with Gasteiger partial charge in [-0.15, -0.1) is 0 Å². The molecule has 0 saturated carbocycles. The van der Waals surface area contributed by atoms with Gasteiger partial charge in [0, 0.05) is 24.1 Å². The average Bonchev–Trinajstić information content (AvgIpc) is 2.99. The summed E-state index contributed by atoms with van der Waals surface area (Å²) in [4.78, 5) is 15.9. The zero-order chi connectivity index (χ0) is 15.1. The average molecular weight is 284 g/mol. The molecule has 6 nitrogen and oxygen atoms in total. The number of nitrogens with two attached hydrogens (primary N) is 1. The first-order valence-electron chi connectivity index (χ1n) is 6.53. The number of hydrogen-bond acceptors (Lipinski definition) is 5. The summed E-state index contributed by atoms with van der Waals surface area (Å²) in [5.41, 5.74) is 7.77. The van der Waals surface area contributed by atoms with Crippen molar-refractivity contribution in [1.82, 2.24) is 15.5 Å². The molecule has 1 amide bonds. The van der Waals surface area contributed by atoms with Crippen LogP contribution in [0.3, 0.4) is 0 Å². The Kier molecular flexibility index (Phi) is 5.07. The van der Waals surface area contributed by atoms with Crippen molar-refractivity contribution in [3.05, 3.63) is 47.1 Å². The molecule has 6 heteroatoms. The number of hydrogen-bond donors (Lipinski definition) is 2. The summed E-state index contributed by atoms with van der Waals surface area (Å²) in [7, 11) is 0. The summed E-state index contributed by atoms with van der Waals surface area (Å²) in [6.07, 6.45) is 1.79. The number of benzene rings is 1. The van der Waals surface area contributed by atoms with Gasteiger partial charge in [-0.25, -0.2) is 0 Å². The summed E-state index contributed by atoms with van der Waals surface area (Å²) in [6, 6.07) is 5.38. The molecule has 0 radical (unpaired) electrons. The monoisotopic (exact) mass is 284 g/mol. The van der Waals surface area contributed by atoms with Crippen molar-refractivity contribution in [2.75, 3.05) is 13.1 Å². The van der Waals surface area contributed by atoms with E-state index < -0.39 is 0 Å². The summed E-state index contributed by atoms with van der Waals surface area (Å²) in [6.45, 7) is 2.68. The van der Waals surface area contributed by atoms with Crippen LogP contribution in [0.4, 0.5) is 0 Å². The first-order valence-corrected chi connectivity index (χ1v) is 6.53. The molecule has 108 valence electrons. The summed E-state index contributed by atoms with van der Waals surface area (Å²) in [5.74, 6) is 6.19. The minimum atomic E-state index is -0.139. The number of amides is 1. The van der Waals surface area contributed by atoms with Gasteiger partial charge in [-0.05, 0) is 30.7 Å². The molecule has 1 aromatic carbocycles. The van der Waals surface area contributed by atoms with E-state index in [1.54, 1.807) is 6.07 Å². The summed E-state index contributed by atoms with van der Waals surface area (Å²) >= 11 is 0. The number of carbonyl (C=O) groups is 1. The lowest BCUT2D eigenvalue weighted by Crippen LogP contribution is -2.26. The number of carbonyl (C=O) groups excluding carboxylic acids is 1. The lowest BCUT2D eigenvalue weighted by molar-refractivity contribution is 0.0954. The first-order chi connectivity index (χ1) is 10.2. The Morgan fingerprint density at radius 1 is 1.48 bits per heavy atom. The molecule has 0 aliphatic carbocycles. The maximum Gasteiger partial charge on any atom is 0.251 e. The van der Waals surface area contributed by atoms with Gasteiger partial charge in [0.15, 0.2) is 5.82 Å². The van der Waals surface area contributed by atoms with Crippen molar-refractivity contribution in [3.8, 4) is 11.8 Å². The van der Waals surface area contributed by atoms with Crippen molar-refractivity contribution < 1.29 is 9.32 Å². The quantitative estimate of drug-likeness (QED) is 0.804. The molecular weight excluding hydrogens is 268 g/mol. The lowest BCUT2D eigenvalue weighted by atomic mass is 10.0. The highest BCUT2D eigenvalue weighted by atomic mass is 16.5. The largest absolute Gasteiger partial charge is 0.352 e. The van der Waals surface area contributed by atoms with Crippen molar-refractivity contribution in [3.63, 3.8) is 0 Å². The third-order valence-electron chi connectivity index (χ3n) is 2.85. The van der Waals surface area contributed by atoms with Gasteiger partial charge in [-0.3, -0.25) is 4.79 Å². The molecule has 0 bridgehead atoms. The molecule has 0 saturated heterocycles. The molecule has 0 spiro atoms. The standard InChI is InChI=1S/C15H16N4O2/c1-11-9-13(5-4-12(11)3-2-7-16)15(20)17-8-6-14-18-10-21-19-14/h4-5,9-10H,6-8,16H2,1H3,(H,17,20). The first kappa shape index (κ1) is 14.8. The Bertz CT molecular complexity index is 669. The van der Waals surface area contributed by atoms with E-state index in [2.05, 4.69) is 31.8 Å². The zero-order valence-corrected chi connectivity index (χ0v) is 11.7. The third-order valence-corrected chi connectivity index (χ3v) is 2.85. The predicted molar refractivity (Wildman–Crippen MR) is 77.4 cm³/mol. The third kappa shape index (κ3) is 4.16. The van der Waals surface area contributed by atoms with Crippen LogP contribution < -0.4 is 11.1 Å². The van der Waals surface area contributed by atoms with Crippen LogP contribution in [-0.4, -0.2) is 29.1 Å². The molecule has 0 atom stereocenters. The second-order valence-corrected chi connectivity index (χ2v) is 4.39. The van der Waals surface area contributed by atoms with E-state index in [4.69, 9.17) is 5.73 Å². The normalized spacial score (nSPS) is 9.81. The van der Waals surface area contributed by atoms with Crippen LogP contribution in [0.15, 0.2) is 29.1 Å². The van der Waals surface area contributed by atoms with Gasteiger partial charge in [-0.2, -0.15) is 4.98 Å². The second-order valence-electron chi connectivity index (χ2n) is 4.39. The van der Waals surface area contributed by atoms with Crippen LogP contribution in [0, 0.1) is 18.8 Å². The Hall–Kier alpha value is -2.65. The lowest BCUT2D eigenvalue weighted by Gasteiger charge is -2.06. The smallest absolute Gasteiger partial charge is 0.251 e. The van der Waals surface area contributed by atoms with Crippen molar-refractivity contribution in [1.29, 1.82) is 0 Å². The fraction of sp³-hybridized carbons (Fsp3) is 0.267. The van der Waals surface area contributed by atoms with Crippen LogP contribution in [0.25, 0.3) is 0 Å². The Labute approximate surface area is 122 Å². The number of nitrogens with zero attached hydrogens (tertiary/aromatic N) is 2. The van der Waals surface area contributed by atoms with Gasteiger partial charge in [0.05, 0.1) is 6.54 Å². The molecule has 2 aromatic rings. The van der Waals surface area contributed by atoms with Gasteiger partial charge >= 0.3 is 0 Å². The van der Waals surface area contributed by atoms with Gasteiger partial charge in [-0.1, -0.05) is 17.0 Å². The zero-order valence-electron chi connectivity index (χ0n) is 11.7. The van der Waals surface area contributed by atoms with Gasteiger partial charge < -0.3 is 15.6 Å². The van der Waals surface area contributed by atoms with E-state index in [0.29, 0.717) is 30.9 Å². The molecule has 0 aliphatic rings. The maximum atomic E-state index is 12.0. The molecule has 0 fully saturated rings. The van der Waals surface area contributed by atoms with Crippen LogP contribution in [0.2, 0.25) is 0 Å². The molecule has 1 aromatic heterocycles. The van der Waals surface area contributed by atoms with E-state index in [9.17, 15) is 4.79 Å². The minimum absolute atomic E-state index is 0.139. The summed E-state index contributed by atoms with van der Waals surface area (Å²) < 4.78 is 4.62. The van der Waals surface area contributed by atoms with E-state index in [0.717, 1.165) is 11.1 Å². The minimum Gasteiger partial charge on any atom is -0.352 e. The highest BCUT2D eigenvalue weighted by Crippen LogP contribution is 2.10. The SMILES string of the molecule is Cc1cc(C(=O)NCCc2ncon2)ccc1C#CCN. The van der Waals surface area contributed by atoms with Gasteiger partial charge in [0.25, 0.3) is 5.91 Å². The molecular formula is C15H16N4O2. The van der Waals surface area contributed by atoms with Crippen molar-refractivity contribution in [2.45, 2.75) is 13.3 Å². The van der Waals surface area contributed by atoms with Crippen LogP contribution in [0.5, 0.6) is 0 Å². The fourth-order valence-corrected chi connectivity index (χ4v) is 1.78. The number of nitrogens with one attached hydrogen (secondary N) is 1. The molecule has 2 rings (SSSR count). The Morgan fingerprint density at radius 3 is 3.00 bits per heavy atom. The predicted octanol–water partition coefficient (Wildman–Crippen LogP) is 0.661. The molecule has 3 N–H and O–H groups in total. The van der Waals surface area contributed by atoms with Crippen molar-refractivity contribution >= 4 is 5.91 Å². The van der Waals surface area contributed by atoms with Crippen molar-refractivity contribution in [2.24, 2.45) is 5.73 Å². The van der Waals surface area contributed by atoms with Gasteiger partial charge in [0.1, 0.15) is 0 Å². The summed E-state index contributed by atoms with van der Waals surface area (Å²) in [5, 5.41) is 6.49. The van der Waals surface area contributed by atoms with Gasteiger partial charge in [0.2, 0.25) is 6.39 Å². The molecule has 0 unspecified atom stereocenters. The fourth-order valence-electron chi connectivity index (χ4n) is 1.78. The topological polar surface area (TPSA) is 94.0 Å². The van der Waals surface area contributed by atoms with E-state index in [1.807, 2.05) is 19.1 Å². The van der Waals surface area contributed by atoms with Crippen LogP contribution in [-0.2, 0) is 6.42 Å². The number of aryl methyl sites for hydroxylation is 1. The van der Waals surface area contributed by atoms with Crippen LogP contribution >= 0.6 is 0 Å². The number of rotatable bonds is 4. The molecule has 1 heterocycles. The molecule has 0 aliphatic heterocycles. The maximum absolute atomic E-state index is 12.0. The van der Waals surface area contributed by atoms with Crippen LogP contribution in [0.1, 0.15) is 27.3 Å². The highest BCUT2D eigenvalue weighted by Gasteiger charge is 2.07. The molecule has 21 heavy (non-hydrogen) atoms. The highest BCUT2D eigenvalue weighted by molar-refractivity contribution is 5.94. The Morgan fingerprint density at radius 2 is 2.33 bits per heavy atom. The van der Waals surface area contributed by atoms with E-state index in [-0.39, 0.29) is 5.91 Å². The van der Waals surface area contributed by atoms with E-state index >= 15 is 0 Å². The van der Waals surface area contributed by atoms with E-state index in [1.165, 1.54) is 6.39 Å². The second kappa shape index (κ2) is 7.22. The Balaban J connectivity index is 1.94. The number of aromatic nitrogens is 2.